The number of likely N-dealkylation sites (N-methyl/N-ethyl adjacent to an activating group) is 1. The summed E-state index contributed by atoms with van der Waals surface area (Å²) in [4.78, 5) is 0. The fourth-order valence-corrected chi connectivity index (χ4v) is 3.29. The molecule has 0 aromatic carbocycles. The van der Waals surface area contributed by atoms with Crippen molar-refractivity contribution >= 4 is 10.0 Å². The first-order chi connectivity index (χ1) is 8.03. The summed E-state index contributed by atoms with van der Waals surface area (Å²) in [6, 6.07) is 0.155. The minimum Gasteiger partial charge on any atom is -0.377 e. The van der Waals surface area contributed by atoms with Gasteiger partial charge in [-0.3, -0.25) is 0 Å². The zero-order chi connectivity index (χ0) is 12.7. The monoisotopic (exact) mass is 264 g/mol. The van der Waals surface area contributed by atoms with Gasteiger partial charge in [0.25, 0.3) is 0 Å². The van der Waals surface area contributed by atoms with Crippen LogP contribution in [0.2, 0.25) is 0 Å². The summed E-state index contributed by atoms with van der Waals surface area (Å²) in [5, 5.41) is 3.16. The molecule has 1 heterocycles. The Morgan fingerprint density at radius 1 is 1.41 bits per heavy atom. The number of hydrogen-bond acceptors (Lipinski definition) is 4. The predicted octanol–water partition coefficient (Wildman–Crippen LogP) is 0.473. The summed E-state index contributed by atoms with van der Waals surface area (Å²) in [5.74, 6) is 0.0891. The van der Waals surface area contributed by atoms with Crippen molar-refractivity contribution < 1.29 is 13.2 Å². The standard InChI is InChI=1S/C11H24N2O3S/c1-3-12-10(2)8-13-17(14,15)9-11-6-4-5-7-16-11/h10-13H,3-9H2,1-2H3/t10-,11?/m1/s1. The summed E-state index contributed by atoms with van der Waals surface area (Å²) >= 11 is 0. The van der Waals surface area contributed by atoms with Crippen molar-refractivity contribution in [2.75, 3.05) is 25.4 Å². The Kier molecular flexibility index (Phi) is 6.40. The SMILES string of the molecule is CCN[C@H](C)CNS(=O)(=O)CC1CCCCO1. The molecule has 17 heavy (non-hydrogen) atoms. The van der Waals surface area contributed by atoms with Gasteiger partial charge >= 0.3 is 0 Å². The first-order valence-electron chi connectivity index (χ1n) is 6.36. The van der Waals surface area contributed by atoms with Crippen LogP contribution >= 0.6 is 0 Å². The molecule has 1 saturated heterocycles. The maximum absolute atomic E-state index is 11.8. The minimum absolute atomic E-state index is 0.0891. The Labute approximate surface area is 104 Å². The first-order valence-corrected chi connectivity index (χ1v) is 8.01. The molecule has 0 bridgehead atoms. The van der Waals surface area contributed by atoms with E-state index in [-0.39, 0.29) is 17.9 Å². The fourth-order valence-electron chi connectivity index (χ4n) is 1.92. The van der Waals surface area contributed by atoms with Crippen molar-refractivity contribution in [2.24, 2.45) is 0 Å². The number of rotatable bonds is 7. The lowest BCUT2D eigenvalue weighted by molar-refractivity contribution is 0.0304. The van der Waals surface area contributed by atoms with E-state index < -0.39 is 10.0 Å². The molecule has 6 heteroatoms. The normalized spacial score (nSPS) is 23.5. The predicted molar refractivity (Wildman–Crippen MR) is 68.5 cm³/mol. The van der Waals surface area contributed by atoms with E-state index >= 15 is 0 Å². The van der Waals surface area contributed by atoms with Crippen LogP contribution in [-0.2, 0) is 14.8 Å². The molecule has 1 aliphatic rings. The average molecular weight is 264 g/mol. The molecular weight excluding hydrogens is 240 g/mol. The lowest BCUT2D eigenvalue weighted by Crippen LogP contribution is -2.42. The molecule has 0 spiro atoms. The van der Waals surface area contributed by atoms with Gasteiger partial charge in [0.15, 0.2) is 0 Å². The molecule has 0 saturated carbocycles. The Hall–Kier alpha value is -0.170. The largest absolute Gasteiger partial charge is 0.377 e. The second-order valence-corrected chi connectivity index (χ2v) is 6.43. The van der Waals surface area contributed by atoms with Crippen LogP contribution in [0.15, 0.2) is 0 Å². The highest BCUT2D eigenvalue weighted by Gasteiger charge is 2.22. The number of ether oxygens (including phenoxy) is 1. The molecule has 0 amide bonds. The lowest BCUT2D eigenvalue weighted by Gasteiger charge is -2.23. The van der Waals surface area contributed by atoms with E-state index in [1.54, 1.807) is 0 Å². The fraction of sp³-hybridized carbons (Fsp3) is 1.00. The summed E-state index contributed by atoms with van der Waals surface area (Å²) in [6.07, 6.45) is 2.83. The van der Waals surface area contributed by atoms with E-state index in [1.807, 2.05) is 13.8 Å². The lowest BCUT2D eigenvalue weighted by atomic mass is 10.1. The van der Waals surface area contributed by atoms with Gasteiger partial charge in [0, 0.05) is 19.2 Å². The molecule has 1 fully saturated rings. The summed E-state index contributed by atoms with van der Waals surface area (Å²) in [6.45, 7) is 5.93. The number of hydrogen-bond donors (Lipinski definition) is 2. The average Bonchev–Trinajstić information content (AvgIpc) is 2.28. The van der Waals surface area contributed by atoms with Crippen molar-refractivity contribution in [2.45, 2.75) is 45.3 Å². The van der Waals surface area contributed by atoms with Gasteiger partial charge in [0.05, 0.1) is 11.9 Å². The van der Waals surface area contributed by atoms with Gasteiger partial charge in [0.1, 0.15) is 0 Å². The van der Waals surface area contributed by atoms with Gasteiger partial charge in [-0.1, -0.05) is 6.92 Å². The van der Waals surface area contributed by atoms with E-state index in [4.69, 9.17) is 4.74 Å². The summed E-state index contributed by atoms with van der Waals surface area (Å²) in [7, 11) is -3.21. The maximum Gasteiger partial charge on any atom is 0.214 e. The molecule has 5 nitrogen and oxygen atoms in total. The van der Waals surface area contributed by atoms with Gasteiger partial charge in [-0.2, -0.15) is 0 Å². The smallest absolute Gasteiger partial charge is 0.214 e. The van der Waals surface area contributed by atoms with Crippen LogP contribution in [-0.4, -0.2) is 46.0 Å². The van der Waals surface area contributed by atoms with Gasteiger partial charge in [-0.15, -0.1) is 0 Å². The quantitative estimate of drug-likeness (QED) is 0.701. The van der Waals surface area contributed by atoms with Crippen LogP contribution in [0.1, 0.15) is 33.1 Å². The van der Waals surface area contributed by atoms with Crippen LogP contribution in [0, 0.1) is 0 Å². The van der Waals surface area contributed by atoms with Crippen LogP contribution in [0.25, 0.3) is 0 Å². The van der Waals surface area contributed by atoms with E-state index in [9.17, 15) is 8.42 Å². The molecule has 2 atom stereocenters. The highest BCUT2D eigenvalue weighted by molar-refractivity contribution is 7.89. The summed E-state index contributed by atoms with van der Waals surface area (Å²) < 4.78 is 31.6. The molecular formula is C11H24N2O3S. The molecule has 1 aliphatic heterocycles. The van der Waals surface area contributed by atoms with Crippen molar-refractivity contribution in [3.63, 3.8) is 0 Å². The molecule has 102 valence electrons. The van der Waals surface area contributed by atoms with Crippen LogP contribution < -0.4 is 10.0 Å². The van der Waals surface area contributed by atoms with Gasteiger partial charge in [-0.25, -0.2) is 13.1 Å². The van der Waals surface area contributed by atoms with E-state index in [0.29, 0.717) is 13.2 Å². The van der Waals surface area contributed by atoms with E-state index in [2.05, 4.69) is 10.0 Å². The zero-order valence-corrected chi connectivity index (χ0v) is 11.6. The second kappa shape index (κ2) is 7.31. The molecule has 0 radical (unpaired) electrons. The van der Waals surface area contributed by atoms with Gasteiger partial charge < -0.3 is 10.1 Å². The molecule has 0 aliphatic carbocycles. The molecule has 0 aromatic rings. The van der Waals surface area contributed by atoms with Crippen LogP contribution in [0.5, 0.6) is 0 Å². The van der Waals surface area contributed by atoms with Crippen LogP contribution in [0.4, 0.5) is 0 Å². The molecule has 1 unspecified atom stereocenters. The highest BCUT2D eigenvalue weighted by atomic mass is 32.2. The maximum atomic E-state index is 11.8. The molecule has 1 rings (SSSR count). The van der Waals surface area contributed by atoms with Gasteiger partial charge in [0.2, 0.25) is 10.0 Å². The Morgan fingerprint density at radius 2 is 2.18 bits per heavy atom. The zero-order valence-electron chi connectivity index (χ0n) is 10.7. The number of sulfonamides is 1. The van der Waals surface area contributed by atoms with Crippen molar-refractivity contribution in [3.05, 3.63) is 0 Å². The van der Waals surface area contributed by atoms with E-state index in [1.165, 1.54) is 0 Å². The Bertz CT molecular complexity index is 300. The topological polar surface area (TPSA) is 67.4 Å². The van der Waals surface area contributed by atoms with Crippen molar-refractivity contribution in [3.8, 4) is 0 Å². The third-order valence-corrected chi connectivity index (χ3v) is 4.26. The Morgan fingerprint density at radius 3 is 2.76 bits per heavy atom. The second-order valence-electron chi connectivity index (χ2n) is 4.58. The minimum atomic E-state index is -3.21. The van der Waals surface area contributed by atoms with Crippen molar-refractivity contribution in [1.29, 1.82) is 0 Å². The molecule has 2 N–H and O–H groups in total. The first kappa shape index (κ1) is 14.9. The van der Waals surface area contributed by atoms with E-state index in [0.717, 1.165) is 25.8 Å². The third kappa shape index (κ3) is 6.35. The van der Waals surface area contributed by atoms with Gasteiger partial charge in [-0.05, 0) is 32.7 Å². The highest BCUT2D eigenvalue weighted by Crippen LogP contribution is 2.13. The van der Waals surface area contributed by atoms with Crippen molar-refractivity contribution in [1.82, 2.24) is 10.0 Å². The summed E-state index contributed by atoms with van der Waals surface area (Å²) in [5.41, 5.74) is 0. The Balaban J connectivity index is 2.29. The third-order valence-electron chi connectivity index (χ3n) is 2.84. The molecule has 0 aromatic heterocycles. The van der Waals surface area contributed by atoms with Crippen LogP contribution in [0.3, 0.4) is 0 Å². The number of nitrogens with one attached hydrogen (secondary N) is 2.